The Hall–Kier alpha value is -3.11. The van der Waals surface area contributed by atoms with Gasteiger partial charge in [-0.2, -0.15) is 0 Å². The standard InChI is InChI=1S/C23H20ClNO3/c1-25(2)20-14-10-18(11-15-20)23(27)28-22(17-8-12-19(24)13-9-17)21(26)16-6-4-3-5-7-16/h3-15,22H,1-2H3/t22-/m1/s1. The van der Waals surface area contributed by atoms with Crippen LogP contribution in [0.3, 0.4) is 0 Å². The molecule has 0 amide bonds. The van der Waals surface area contributed by atoms with Crippen LogP contribution in [0.4, 0.5) is 5.69 Å². The van der Waals surface area contributed by atoms with Gasteiger partial charge in [0, 0.05) is 35.9 Å². The van der Waals surface area contributed by atoms with Gasteiger partial charge in [-0.3, -0.25) is 4.79 Å². The maximum atomic E-state index is 13.0. The van der Waals surface area contributed by atoms with Crippen LogP contribution in [0.15, 0.2) is 78.9 Å². The van der Waals surface area contributed by atoms with Gasteiger partial charge < -0.3 is 9.64 Å². The highest BCUT2D eigenvalue weighted by atomic mass is 35.5. The molecule has 3 aromatic carbocycles. The molecule has 0 saturated carbocycles. The summed E-state index contributed by atoms with van der Waals surface area (Å²) in [6.45, 7) is 0. The fourth-order valence-corrected chi connectivity index (χ4v) is 2.86. The lowest BCUT2D eigenvalue weighted by atomic mass is 9.99. The summed E-state index contributed by atoms with van der Waals surface area (Å²) in [5, 5.41) is 0.542. The first-order chi connectivity index (χ1) is 13.5. The maximum Gasteiger partial charge on any atom is 0.339 e. The van der Waals surface area contributed by atoms with E-state index in [0.29, 0.717) is 21.7 Å². The number of benzene rings is 3. The zero-order valence-corrected chi connectivity index (χ0v) is 16.4. The summed E-state index contributed by atoms with van der Waals surface area (Å²) in [5.74, 6) is -0.851. The molecule has 1 atom stereocenters. The predicted molar refractivity (Wildman–Crippen MR) is 111 cm³/mol. The Balaban J connectivity index is 1.89. The van der Waals surface area contributed by atoms with Crippen LogP contribution in [-0.2, 0) is 4.74 Å². The summed E-state index contributed by atoms with van der Waals surface area (Å²) in [7, 11) is 3.84. The van der Waals surface area contributed by atoms with E-state index in [2.05, 4.69) is 0 Å². The number of Topliss-reactive ketones (excluding diaryl/α,β-unsaturated/α-hetero) is 1. The zero-order chi connectivity index (χ0) is 20.1. The van der Waals surface area contributed by atoms with E-state index in [1.807, 2.05) is 37.2 Å². The Morgan fingerprint density at radius 1 is 0.821 bits per heavy atom. The molecule has 0 N–H and O–H groups in total. The van der Waals surface area contributed by atoms with Crippen molar-refractivity contribution in [1.29, 1.82) is 0 Å². The lowest BCUT2D eigenvalue weighted by Crippen LogP contribution is -2.20. The molecule has 0 bridgehead atoms. The van der Waals surface area contributed by atoms with Gasteiger partial charge in [-0.25, -0.2) is 4.79 Å². The van der Waals surface area contributed by atoms with E-state index in [-0.39, 0.29) is 5.78 Å². The Morgan fingerprint density at radius 2 is 1.43 bits per heavy atom. The van der Waals surface area contributed by atoms with Gasteiger partial charge >= 0.3 is 5.97 Å². The number of rotatable bonds is 6. The second-order valence-electron chi connectivity index (χ2n) is 6.51. The molecule has 0 saturated heterocycles. The van der Waals surface area contributed by atoms with Gasteiger partial charge in [0.25, 0.3) is 0 Å². The van der Waals surface area contributed by atoms with Gasteiger partial charge in [0.15, 0.2) is 6.10 Å². The Labute approximate surface area is 169 Å². The molecule has 0 unspecified atom stereocenters. The molecular weight excluding hydrogens is 374 g/mol. The molecule has 0 aliphatic rings. The van der Waals surface area contributed by atoms with E-state index in [1.165, 1.54) is 0 Å². The minimum atomic E-state index is -1.05. The first kappa shape index (κ1) is 19.6. The second-order valence-corrected chi connectivity index (χ2v) is 6.94. The van der Waals surface area contributed by atoms with Crippen LogP contribution in [0.1, 0.15) is 32.4 Å². The third kappa shape index (κ3) is 4.59. The molecule has 0 radical (unpaired) electrons. The predicted octanol–water partition coefficient (Wildman–Crippen LogP) is 5.19. The average molecular weight is 394 g/mol. The highest BCUT2D eigenvalue weighted by molar-refractivity contribution is 6.30. The van der Waals surface area contributed by atoms with E-state index < -0.39 is 12.1 Å². The number of carbonyl (C=O) groups excluding carboxylic acids is 2. The highest BCUT2D eigenvalue weighted by Gasteiger charge is 2.26. The molecular formula is C23H20ClNO3. The number of esters is 1. The van der Waals surface area contributed by atoms with Crippen molar-refractivity contribution < 1.29 is 14.3 Å². The molecule has 3 rings (SSSR count). The topological polar surface area (TPSA) is 46.6 Å². The molecule has 0 heterocycles. The number of hydrogen-bond acceptors (Lipinski definition) is 4. The van der Waals surface area contributed by atoms with Crippen LogP contribution in [-0.4, -0.2) is 25.8 Å². The zero-order valence-electron chi connectivity index (χ0n) is 15.6. The summed E-state index contributed by atoms with van der Waals surface area (Å²) in [6, 6.07) is 22.5. The fourth-order valence-electron chi connectivity index (χ4n) is 2.74. The third-order valence-electron chi connectivity index (χ3n) is 4.31. The summed E-state index contributed by atoms with van der Waals surface area (Å²) >= 11 is 5.96. The highest BCUT2D eigenvalue weighted by Crippen LogP contribution is 2.26. The average Bonchev–Trinajstić information content (AvgIpc) is 2.73. The monoisotopic (exact) mass is 393 g/mol. The van der Waals surface area contributed by atoms with Crippen molar-refractivity contribution in [3.8, 4) is 0 Å². The van der Waals surface area contributed by atoms with E-state index in [4.69, 9.17) is 16.3 Å². The van der Waals surface area contributed by atoms with Gasteiger partial charge in [0.05, 0.1) is 5.56 Å². The van der Waals surface area contributed by atoms with Crippen molar-refractivity contribution in [2.75, 3.05) is 19.0 Å². The van der Waals surface area contributed by atoms with Gasteiger partial charge in [-0.15, -0.1) is 0 Å². The van der Waals surface area contributed by atoms with Crippen LogP contribution in [0.2, 0.25) is 5.02 Å². The quantitative estimate of drug-likeness (QED) is 0.427. The Morgan fingerprint density at radius 3 is 2.00 bits per heavy atom. The van der Waals surface area contributed by atoms with Crippen molar-refractivity contribution in [2.24, 2.45) is 0 Å². The Kier molecular flexibility index (Phi) is 6.12. The first-order valence-electron chi connectivity index (χ1n) is 8.79. The largest absolute Gasteiger partial charge is 0.445 e. The molecule has 3 aromatic rings. The van der Waals surface area contributed by atoms with E-state index in [9.17, 15) is 9.59 Å². The van der Waals surface area contributed by atoms with Crippen LogP contribution in [0.5, 0.6) is 0 Å². The van der Waals surface area contributed by atoms with Crippen LogP contribution >= 0.6 is 11.6 Å². The van der Waals surface area contributed by atoms with E-state index in [1.54, 1.807) is 60.7 Å². The summed E-state index contributed by atoms with van der Waals surface area (Å²) < 4.78 is 5.63. The molecule has 0 aliphatic carbocycles. The van der Waals surface area contributed by atoms with Crippen molar-refractivity contribution in [3.63, 3.8) is 0 Å². The molecule has 0 spiro atoms. The number of anilines is 1. The minimum Gasteiger partial charge on any atom is -0.445 e. The van der Waals surface area contributed by atoms with Gasteiger partial charge in [-0.1, -0.05) is 54.1 Å². The number of ether oxygens (including phenoxy) is 1. The second kappa shape index (κ2) is 8.72. The summed E-state index contributed by atoms with van der Waals surface area (Å²) in [4.78, 5) is 27.7. The van der Waals surface area contributed by atoms with Crippen LogP contribution < -0.4 is 4.90 Å². The Bertz CT molecular complexity index is 951. The number of carbonyl (C=O) groups is 2. The normalized spacial score (nSPS) is 11.5. The molecule has 5 heteroatoms. The number of nitrogens with zero attached hydrogens (tertiary/aromatic N) is 1. The first-order valence-corrected chi connectivity index (χ1v) is 9.16. The summed E-state index contributed by atoms with van der Waals surface area (Å²) in [5.41, 5.74) is 2.38. The van der Waals surface area contributed by atoms with E-state index in [0.717, 1.165) is 5.69 Å². The van der Waals surface area contributed by atoms with Crippen molar-refractivity contribution in [1.82, 2.24) is 0 Å². The van der Waals surface area contributed by atoms with Crippen molar-refractivity contribution >= 4 is 29.0 Å². The fraction of sp³-hybridized carbons (Fsp3) is 0.130. The van der Waals surface area contributed by atoms with E-state index >= 15 is 0 Å². The molecule has 142 valence electrons. The lowest BCUT2D eigenvalue weighted by Gasteiger charge is -2.18. The summed E-state index contributed by atoms with van der Waals surface area (Å²) in [6.07, 6.45) is -1.05. The molecule has 0 aliphatic heterocycles. The van der Waals surface area contributed by atoms with Gasteiger partial charge in [-0.05, 0) is 36.4 Å². The minimum absolute atomic E-state index is 0.291. The van der Waals surface area contributed by atoms with Crippen LogP contribution in [0, 0.1) is 0 Å². The molecule has 0 aromatic heterocycles. The van der Waals surface area contributed by atoms with Crippen molar-refractivity contribution in [2.45, 2.75) is 6.10 Å². The molecule has 0 fully saturated rings. The maximum absolute atomic E-state index is 13.0. The smallest absolute Gasteiger partial charge is 0.339 e. The third-order valence-corrected chi connectivity index (χ3v) is 4.57. The number of halogens is 1. The molecule has 28 heavy (non-hydrogen) atoms. The molecule has 4 nitrogen and oxygen atoms in total. The SMILES string of the molecule is CN(C)c1ccc(C(=O)O[C@@H](C(=O)c2ccccc2)c2ccc(Cl)cc2)cc1. The van der Waals surface area contributed by atoms with Crippen LogP contribution in [0.25, 0.3) is 0 Å². The lowest BCUT2D eigenvalue weighted by molar-refractivity contribution is 0.0280. The number of hydrogen-bond donors (Lipinski definition) is 0. The number of ketones is 1. The van der Waals surface area contributed by atoms with Gasteiger partial charge in [0.2, 0.25) is 5.78 Å². The van der Waals surface area contributed by atoms with Gasteiger partial charge in [0.1, 0.15) is 0 Å². The van der Waals surface area contributed by atoms with Crippen molar-refractivity contribution in [3.05, 3.63) is 101 Å².